The first-order valence-electron chi connectivity index (χ1n) is 8.48. The maximum Gasteiger partial charge on any atom is 0.249 e. The fourth-order valence-electron chi connectivity index (χ4n) is 3.42. The molecule has 0 spiro atoms. The number of nitro groups is 1. The van der Waals surface area contributed by atoms with E-state index in [0.717, 1.165) is 24.8 Å². The second-order valence-electron chi connectivity index (χ2n) is 6.56. The van der Waals surface area contributed by atoms with E-state index < -0.39 is 12.0 Å². The molecule has 2 heterocycles. The van der Waals surface area contributed by atoms with E-state index in [1.807, 2.05) is 30.3 Å². The third-order valence-corrected chi connectivity index (χ3v) is 4.89. The minimum atomic E-state index is -0.738. The number of hydrogen-bond acceptors (Lipinski definition) is 6. The highest BCUT2D eigenvalue weighted by atomic mass is 16.6. The lowest BCUT2D eigenvalue weighted by atomic mass is 10.0. The minimum absolute atomic E-state index is 0.161. The Morgan fingerprint density at radius 1 is 1.28 bits per heavy atom. The summed E-state index contributed by atoms with van der Waals surface area (Å²) in [5.74, 6) is 0.228. The summed E-state index contributed by atoms with van der Waals surface area (Å²) in [5, 5.41) is 14.9. The Bertz CT molecular complexity index is 791. The van der Waals surface area contributed by atoms with Gasteiger partial charge in [0, 0.05) is 23.5 Å². The van der Waals surface area contributed by atoms with Crippen molar-refractivity contribution in [3.05, 3.63) is 46.3 Å². The lowest BCUT2D eigenvalue weighted by Crippen LogP contribution is -2.40. The van der Waals surface area contributed by atoms with Crippen molar-refractivity contribution in [2.24, 2.45) is 5.92 Å². The smallest absolute Gasteiger partial charge is 0.249 e. The molecule has 3 atom stereocenters. The molecule has 8 nitrogen and oxygen atoms in total. The summed E-state index contributed by atoms with van der Waals surface area (Å²) in [7, 11) is 0. The van der Waals surface area contributed by atoms with E-state index in [-0.39, 0.29) is 16.9 Å². The van der Waals surface area contributed by atoms with Gasteiger partial charge in [-0.25, -0.2) is 0 Å². The molecule has 4 rings (SSSR count). The third kappa shape index (κ3) is 2.99. The van der Waals surface area contributed by atoms with E-state index in [4.69, 9.17) is 4.52 Å². The van der Waals surface area contributed by atoms with Crippen LogP contribution in [0.25, 0.3) is 11.4 Å². The fourth-order valence-corrected chi connectivity index (χ4v) is 3.42. The maximum absolute atomic E-state index is 12.7. The van der Waals surface area contributed by atoms with Crippen molar-refractivity contribution in [3.8, 4) is 11.4 Å². The predicted molar refractivity (Wildman–Crippen MR) is 86.9 cm³/mol. The van der Waals surface area contributed by atoms with Crippen LogP contribution in [0.1, 0.15) is 37.6 Å². The van der Waals surface area contributed by atoms with E-state index in [1.165, 1.54) is 0 Å². The van der Waals surface area contributed by atoms with Crippen LogP contribution in [0, 0.1) is 16.0 Å². The zero-order valence-electron chi connectivity index (χ0n) is 13.6. The Morgan fingerprint density at radius 2 is 2.08 bits per heavy atom. The van der Waals surface area contributed by atoms with Crippen molar-refractivity contribution in [3.63, 3.8) is 0 Å². The molecule has 1 aliphatic heterocycles. The molecule has 2 aliphatic rings. The van der Waals surface area contributed by atoms with Crippen molar-refractivity contribution in [1.82, 2.24) is 15.0 Å². The van der Waals surface area contributed by atoms with E-state index in [9.17, 15) is 14.9 Å². The van der Waals surface area contributed by atoms with Gasteiger partial charge in [-0.05, 0) is 19.3 Å². The summed E-state index contributed by atoms with van der Waals surface area (Å²) >= 11 is 0. The van der Waals surface area contributed by atoms with E-state index >= 15 is 0 Å². The van der Waals surface area contributed by atoms with Gasteiger partial charge in [0.25, 0.3) is 0 Å². The first-order valence-corrected chi connectivity index (χ1v) is 8.48. The van der Waals surface area contributed by atoms with Gasteiger partial charge in [0.2, 0.25) is 23.7 Å². The number of carbonyl (C=O) groups excluding carboxylic acids is 1. The van der Waals surface area contributed by atoms with Gasteiger partial charge in [0.05, 0.1) is 0 Å². The summed E-state index contributed by atoms with van der Waals surface area (Å²) in [4.78, 5) is 29.3. The Morgan fingerprint density at radius 3 is 2.80 bits per heavy atom. The quantitative estimate of drug-likeness (QED) is 0.624. The number of carbonyl (C=O) groups is 1. The van der Waals surface area contributed by atoms with E-state index in [2.05, 4.69) is 10.1 Å². The molecule has 1 aromatic heterocycles. The Labute approximate surface area is 144 Å². The van der Waals surface area contributed by atoms with Crippen LogP contribution < -0.4 is 0 Å². The Balaban J connectivity index is 1.55. The number of piperidine rings is 1. The number of nitrogens with zero attached hydrogens (tertiary/aromatic N) is 4. The highest BCUT2D eigenvalue weighted by molar-refractivity contribution is 5.82. The molecule has 1 saturated carbocycles. The molecule has 130 valence electrons. The monoisotopic (exact) mass is 342 g/mol. The molecule has 1 aliphatic carbocycles. The van der Waals surface area contributed by atoms with Crippen LogP contribution in [-0.2, 0) is 4.79 Å². The molecule has 2 aromatic rings. The summed E-state index contributed by atoms with van der Waals surface area (Å²) in [5.41, 5.74) is 0.849. The molecule has 1 amide bonds. The standard InChI is InChI=1S/C17H18N4O4/c22-17(12-10-14(12)21(23)24)20-9-5-4-8-13(20)16-18-15(19-25-16)11-6-2-1-3-7-11/h1-3,6-7,12-14H,4-5,8-10H2/t12-,13-,14+/m1/s1. The molecule has 0 N–H and O–H groups in total. The number of benzene rings is 1. The fraction of sp³-hybridized carbons (Fsp3) is 0.471. The van der Waals surface area contributed by atoms with Gasteiger partial charge in [-0.3, -0.25) is 14.9 Å². The van der Waals surface area contributed by atoms with Crippen molar-refractivity contribution in [2.45, 2.75) is 37.8 Å². The second-order valence-corrected chi connectivity index (χ2v) is 6.56. The van der Waals surface area contributed by atoms with Gasteiger partial charge < -0.3 is 9.42 Å². The molecule has 25 heavy (non-hydrogen) atoms. The minimum Gasteiger partial charge on any atom is -0.337 e. The van der Waals surface area contributed by atoms with Crippen LogP contribution in [-0.4, -0.2) is 38.5 Å². The second kappa shape index (κ2) is 6.27. The van der Waals surface area contributed by atoms with Gasteiger partial charge in [0.15, 0.2) is 0 Å². The average molecular weight is 342 g/mol. The van der Waals surface area contributed by atoms with Crippen LogP contribution in [0.5, 0.6) is 0 Å². The molecule has 1 aromatic carbocycles. The molecule has 1 saturated heterocycles. The summed E-state index contributed by atoms with van der Waals surface area (Å²) in [6, 6.07) is 8.46. The highest BCUT2D eigenvalue weighted by Gasteiger charge is 2.55. The molecular formula is C17H18N4O4. The summed E-state index contributed by atoms with van der Waals surface area (Å²) < 4.78 is 5.42. The van der Waals surface area contributed by atoms with Crippen molar-refractivity contribution in [1.29, 1.82) is 0 Å². The van der Waals surface area contributed by atoms with Gasteiger partial charge in [0.1, 0.15) is 12.0 Å². The summed E-state index contributed by atoms with van der Waals surface area (Å²) in [6.07, 6.45) is 2.91. The average Bonchev–Trinajstić information content (AvgIpc) is 3.31. The SMILES string of the molecule is O=C([C@@H]1C[C@@H]1[N+](=O)[O-])N1CCCC[C@@H]1c1nc(-c2ccccc2)no1. The number of likely N-dealkylation sites (tertiary alicyclic amines) is 1. The van der Waals surface area contributed by atoms with Gasteiger partial charge >= 0.3 is 0 Å². The molecule has 8 heteroatoms. The predicted octanol–water partition coefficient (Wildman–Crippen LogP) is 2.46. The first-order chi connectivity index (χ1) is 12.1. The molecule has 0 bridgehead atoms. The number of rotatable bonds is 4. The van der Waals surface area contributed by atoms with Crippen LogP contribution in [0.3, 0.4) is 0 Å². The van der Waals surface area contributed by atoms with Crippen LogP contribution in [0.4, 0.5) is 0 Å². The molecule has 0 radical (unpaired) electrons. The van der Waals surface area contributed by atoms with E-state index in [0.29, 0.717) is 24.7 Å². The largest absolute Gasteiger partial charge is 0.337 e. The number of hydrogen-bond donors (Lipinski definition) is 0. The van der Waals surface area contributed by atoms with Crippen LogP contribution in [0.2, 0.25) is 0 Å². The first kappa shape index (κ1) is 15.7. The van der Waals surface area contributed by atoms with Crippen molar-refractivity contribution in [2.75, 3.05) is 6.54 Å². The lowest BCUT2D eigenvalue weighted by Gasteiger charge is -2.33. The Hall–Kier alpha value is -2.77. The zero-order chi connectivity index (χ0) is 17.4. The van der Waals surface area contributed by atoms with Gasteiger partial charge in [-0.1, -0.05) is 35.5 Å². The summed E-state index contributed by atoms with van der Waals surface area (Å²) in [6.45, 7) is 0.577. The Kier molecular flexibility index (Phi) is 3.95. The third-order valence-electron chi connectivity index (χ3n) is 4.89. The lowest BCUT2D eigenvalue weighted by molar-refractivity contribution is -0.497. The molecule has 0 unspecified atom stereocenters. The van der Waals surface area contributed by atoms with Crippen molar-refractivity contribution >= 4 is 5.91 Å². The normalized spacial score (nSPS) is 25.6. The highest BCUT2D eigenvalue weighted by Crippen LogP contribution is 2.39. The number of aromatic nitrogens is 2. The zero-order valence-corrected chi connectivity index (χ0v) is 13.6. The van der Waals surface area contributed by atoms with Crippen molar-refractivity contribution < 1.29 is 14.2 Å². The van der Waals surface area contributed by atoms with Crippen LogP contribution >= 0.6 is 0 Å². The maximum atomic E-state index is 12.7. The topological polar surface area (TPSA) is 102 Å². The molecular weight excluding hydrogens is 324 g/mol. The number of amides is 1. The van der Waals surface area contributed by atoms with Gasteiger partial charge in [-0.15, -0.1) is 0 Å². The van der Waals surface area contributed by atoms with E-state index in [1.54, 1.807) is 4.90 Å². The molecule has 2 fully saturated rings. The van der Waals surface area contributed by atoms with Gasteiger partial charge in [-0.2, -0.15) is 4.98 Å². The van der Waals surface area contributed by atoms with Crippen LogP contribution in [0.15, 0.2) is 34.9 Å².